The first-order chi connectivity index (χ1) is 12.0. The van der Waals surface area contributed by atoms with Crippen molar-refractivity contribution in [1.29, 1.82) is 0 Å². The minimum Gasteiger partial charge on any atom is -0.497 e. The largest absolute Gasteiger partial charge is 0.497 e. The van der Waals surface area contributed by atoms with Gasteiger partial charge in [-0.3, -0.25) is 20.4 Å². The molecule has 0 fully saturated rings. The summed E-state index contributed by atoms with van der Waals surface area (Å²) in [5.41, 5.74) is 5.60. The summed E-state index contributed by atoms with van der Waals surface area (Å²) >= 11 is 0. The first kappa shape index (κ1) is 18.3. The Morgan fingerprint density at radius 2 is 1.32 bits per heavy atom. The lowest BCUT2D eigenvalue weighted by Crippen LogP contribution is -2.41. The number of methoxy groups -OCH3 is 1. The van der Waals surface area contributed by atoms with Crippen LogP contribution in [-0.4, -0.2) is 25.0 Å². The van der Waals surface area contributed by atoms with E-state index in [2.05, 4.69) is 10.9 Å². The number of carbonyl (C=O) groups excluding carboxylic acids is 2. The second-order valence-electron chi connectivity index (χ2n) is 5.50. The number of hydrazine groups is 1. The highest BCUT2D eigenvalue weighted by molar-refractivity contribution is 5.99. The van der Waals surface area contributed by atoms with E-state index in [1.807, 2.05) is 13.8 Å². The highest BCUT2D eigenvalue weighted by Crippen LogP contribution is 2.15. The summed E-state index contributed by atoms with van der Waals surface area (Å²) in [5.74, 6) is 0.540. The summed E-state index contributed by atoms with van der Waals surface area (Å²) in [7, 11) is 1.55. The summed E-state index contributed by atoms with van der Waals surface area (Å²) in [6.07, 6.45) is 1.02. The van der Waals surface area contributed by atoms with E-state index in [1.165, 1.54) is 0 Å². The fraction of sp³-hybridized carbons (Fsp3) is 0.263. The molecule has 0 heterocycles. The van der Waals surface area contributed by atoms with Crippen LogP contribution in [0.15, 0.2) is 48.5 Å². The van der Waals surface area contributed by atoms with Gasteiger partial charge in [0.05, 0.1) is 13.2 Å². The van der Waals surface area contributed by atoms with Gasteiger partial charge < -0.3 is 9.47 Å². The Kier molecular flexibility index (Phi) is 6.39. The third kappa shape index (κ3) is 5.24. The van der Waals surface area contributed by atoms with Crippen molar-refractivity contribution in [3.63, 3.8) is 0 Å². The van der Waals surface area contributed by atoms with Crippen molar-refractivity contribution in [1.82, 2.24) is 10.9 Å². The zero-order valence-corrected chi connectivity index (χ0v) is 14.5. The summed E-state index contributed by atoms with van der Waals surface area (Å²) < 4.78 is 10.7. The van der Waals surface area contributed by atoms with Crippen molar-refractivity contribution < 1.29 is 19.1 Å². The average molecular weight is 342 g/mol. The monoisotopic (exact) mass is 342 g/mol. The molecule has 6 nitrogen and oxygen atoms in total. The Bertz CT molecular complexity index is 711. The number of carbonyl (C=O) groups is 2. The van der Waals surface area contributed by atoms with Gasteiger partial charge in [-0.1, -0.05) is 6.92 Å². The quantitative estimate of drug-likeness (QED) is 0.791. The summed E-state index contributed by atoms with van der Waals surface area (Å²) in [6, 6.07) is 13.3. The zero-order chi connectivity index (χ0) is 18.2. The molecule has 25 heavy (non-hydrogen) atoms. The molecular weight excluding hydrogens is 320 g/mol. The molecule has 6 heteroatoms. The lowest BCUT2D eigenvalue weighted by Gasteiger charge is -2.13. The lowest BCUT2D eigenvalue weighted by atomic mass is 10.2. The van der Waals surface area contributed by atoms with Gasteiger partial charge in [-0.05, 0) is 61.9 Å². The zero-order valence-electron chi connectivity index (χ0n) is 14.5. The van der Waals surface area contributed by atoms with Crippen LogP contribution in [0.25, 0.3) is 0 Å². The van der Waals surface area contributed by atoms with Crippen LogP contribution in [0, 0.1) is 0 Å². The summed E-state index contributed by atoms with van der Waals surface area (Å²) in [6.45, 7) is 4.02. The lowest BCUT2D eigenvalue weighted by molar-refractivity contribution is 0.0846. The Hall–Kier alpha value is -3.02. The molecule has 1 atom stereocenters. The first-order valence-corrected chi connectivity index (χ1v) is 8.05. The van der Waals surface area contributed by atoms with E-state index in [4.69, 9.17) is 9.47 Å². The second-order valence-corrected chi connectivity index (χ2v) is 5.50. The van der Waals surface area contributed by atoms with Crippen LogP contribution in [0.1, 0.15) is 41.0 Å². The number of rotatable bonds is 6. The molecular formula is C19H22N2O4. The predicted octanol–water partition coefficient (Wildman–Crippen LogP) is 2.95. The first-order valence-electron chi connectivity index (χ1n) is 8.05. The number of amides is 2. The van der Waals surface area contributed by atoms with E-state index in [0.29, 0.717) is 22.6 Å². The van der Waals surface area contributed by atoms with Gasteiger partial charge in [0, 0.05) is 11.1 Å². The minimum atomic E-state index is -0.410. The second kappa shape index (κ2) is 8.73. The van der Waals surface area contributed by atoms with Crippen LogP contribution >= 0.6 is 0 Å². The van der Waals surface area contributed by atoms with Gasteiger partial charge in [-0.15, -0.1) is 0 Å². The molecule has 0 aliphatic rings. The molecule has 0 saturated heterocycles. The molecule has 132 valence electrons. The van der Waals surface area contributed by atoms with E-state index >= 15 is 0 Å². The topological polar surface area (TPSA) is 76.7 Å². The van der Waals surface area contributed by atoms with Crippen molar-refractivity contribution in [3.8, 4) is 11.5 Å². The fourth-order valence-electron chi connectivity index (χ4n) is 2.00. The number of benzene rings is 2. The highest BCUT2D eigenvalue weighted by atomic mass is 16.5. The van der Waals surface area contributed by atoms with Gasteiger partial charge in [0.15, 0.2) is 0 Å². The van der Waals surface area contributed by atoms with Gasteiger partial charge in [0.2, 0.25) is 0 Å². The standard InChI is InChI=1S/C19H22N2O4/c1-4-13(2)25-17-11-7-15(8-12-17)19(23)21-20-18(22)14-5-9-16(24-3)10-6-14/h5-13H,4H2,1-3H3,(H,20,22)(H,21,23). The summed E-state index contributed by atoms with van der Waals surface area (Å²) in [5, 5.41) is 0. The minimum absolute atomic E-state index is 0.114. The average Bonchev–Trinajstić information content (AvgIpc) is 2.66. The third-order valence-electron chi connectivity index (χ3n) is 3.67. The Morgan fingerprint density at radius 1 is 0.880 bits per heavy atom. The van der Waals surface area contributed by atoms with Crippen LogP contribution < -0.4 is 20.3 Å². The van der Waals surface area contributed by atoms with E-state index < -0.39 is 11.8 Å². The van der Waals surface area contributed by atoms with E-state index in [1.54, 1.807) is 55.6 Å². The third-order valence-corrected chi connectivity index (χ3v) is 3.67. The molecule has 0 spiro atoms. The van der Waals surface area contributed by atoms with Crippen molar-refractivity contribution in [2.75, 3.05) is 7.11 Å². The molecule has 0 bridgehead atoms. The van der Waals surface area contributed by atoms with Crippen molar-refractivity contribution in [2.45, 2.75) is 26.4 Å². The molecule has 0 aliphatic heterocycles. The van der Waals surface area contributed by atoms with Crippen LogP contribution in [-0.2, 0) is 0 Å². The maximum absolute atomic E-state index is 12.1. The maximum atomic E-state index is 12.1. The number of ether oxygens (including phenoxy) is 2. The van der Waals surface area contributed by atoms with Gasteiger partial charge in [-0.25, -0.2) is 0 Å². The smallest absolute Gasteiger partial charge is 0.269 e. The van der Waals surface area contributed by atoms with Gasteiger partial charge in [0.1, 0.15) is 11.5 Å². The molecule has 2 aromatic carbocycles. The molecule has 2 rings (SSSR count). The molecule has 2 amide bonds. The van der Waals surface area contributed by atoms with Gasteiger partial charge in [-0.2, -0.15) is 0 Å². The normalized spacial score (nSPS) is 11.3. The molecule has 0 aromatic heterocycles. The molecule has 0 aliphatic carbocycles. The molecule has 0 saturated carbocycles. The molecule has 2 N–H and O–H groups in total. The fourth-order valence-corrected chi connectivity index (χ4v) is 2.00. The Balaban J connectivity index is 1.89. The van der Waals surface area contributed by atoms with Crippen LogP contribution in [0.4, 0.5) is 0 Å². The predicted molar refractivity (Wildman–Crippen MR) is 94.7 cm³/mol. The van der Waals surface area contributed by atoms with Crippen molar-refractivity contribution in [3.05, 3.63) is 59.7 Å². The van der Waals surface area contributed by atoms with Gasteiger partial charge in [0.25, 0.3) is 11.8 Å². The maximum Gasteiger partial charge on any atom is 0.269 e. The van der Waals surface area contributed by atoms with Crippen molar-refractivity contribution in [2.24, 2.45) is 0 Å². The van der Waals surface area contributed by atoms with Gasteiger partial charge >= 0.3 is 0 Å². The Morgan fingerprint density at radius 3 is 1.72 bits per heavy atom. The molecule has 2 aromatic rings. The van der Waals surface area contributed by atoms with Crippen LogP contribution in [0.2, 0.25) is 0 Å². The molecule has 1 unspecified atom stereocenters. The molecule has 0 radical (unpaired) electrons. The van der Waals surface area contributed by atoms with Crippen LogP contribution in [0.3, 0.4) is 0 Å². The number of nitrogens with one attached hydrogen (secondary N) is 2. The number of hydrogen-bond acceptors (Lipinski definition) is 4. The van der Waals surface area contributed by atoms with E-state index in [0.717, 1.165) is 6.42 Å². The van der Waals surface area contributed by atoms with Crippen molar-refractivity contribution >= 4 is 11.8 Å². The summed E-state index contributed by atoms with van der Waals surface area (Å²) in [4.78, 5) is 24.1. The van der Waals surface area contributed by atoms with E-state index in [-0.39, 0.29) is 6.10 Å². The van der Waals surface area contributed by atoms with E-state index in [9.17, 15) is 9.59 Å². The number of hydrogen-bond donors (Lipinski definition) is 2. The highest BCUT2D eigenvalue weighted by Gasteiger charge is 2.10. The van der Waals surface area contributed by atoms with Crippen LogP contribution in [0.5, 0.6) is 11.5 Å². The SMILES string of the molecule is CCC(C)Oc1ccc(C(=O)NNC(=O)c2ccc(OC)cc2)cc1. The Labute approximate surface area is 147 Å².